The predicted molar refractivity (Wildman–Crippen MR) is 136 cm³/mol. The Morgan fingerprint density at radius 2 is 1.87 bits per heavy atom. The van der Waals surface area contributed by atoms with Crippen LogP contribution in [0.1, 0.15) is 25.3 Å². The van der Waals surface area contributed by atoms with Gasteiger partial charge in [-0.1, -0.05) is 82.2 Å². The summed E-state index contributed by atoms with van der Waals surface area (Å²) in [5, 5.41) is 0.992. The molecule has 6 heteroatoms. The molecule has 1 aliphatic heterocycles. The first kappa shape index (κ1) is 24.7. The monoisotopic (exact) mass is 457 g/mol. The number of hydrogen-bond donors (Lipinski definition) is 0. The topological polar surface area (TPSA) is 38.7 Å². The minimum absolute atomic E-state index is 0.260. The Bertz CT molecular complexity index is 870. The fraction of sp³-hybridized carbons (Fsp3) is 0.500. The number of nitrogens with zero attached hydrogens (tertiary/aromatic N) is 1. The molecule has 0 amide bonds. The van der Waals surface area contributed by atoms with Crippen LogP contribution in [0.3, 0.4) is 0 Å². The van der Waals surface area contributed by atoms with Gasteiger partial charge in [0.05, 0.1) is 13.1 Å². The van der Waals surface area contributed by atoms with Crippen molar-refractivity contribution < 1.29 is 9.53 Å². The molecule has 162 valence electrons. The van der Waals surface area contributed by atoms with E-state index in [1.165, 1.54) is 5.57 Å². The summed E-state index contributed by atoms with van der Waals surface area (Å²) in [6, 6.07) is 9.81. The number of aliphatic imine (C=N–C) groups is 1. The van der Waals surface area contributed by atoms with Gasteiger partial charge in [0, 0.05) is 12.8 Å². The maximum absolute atomic E-state index is 13.3. The van der Waals surface area contributed by atoms with E-state index >= 15 is 0 Å². The van der Waals surface area contributed by atoms with Gasteiger partial charge in [0.2, 0.25) is 0 Å². The Morgan fingerprint density at radius 1 is 1.20 bits per heavy atom. The van der Waals surface area contributed by atoms with Crippen LogP contribution in [0.25, 0.3) is 0 Å². The molecule has 0 saturated carbocycles. The lowest BCUT2D eigenvalue weighted by Crippen LogP contribution is -2.36. The minimum Gasteiger partial charge on any atom is -0.459 e. The zero-order valence-electron chi connectivity index (χ0n) is 19.5. The number of carbonyl (C=O) groups excluding carboxylic acids is 1. The largest absolute Gasteiger partial charge is 0.459 e. The van der Waals surface area contributed by atoms with E-state index in [2.05, 4.69) is 63.4 Å². The number of benzene rings is 1. The molecule has 0 aromatic heterocycles. The molecule has 1 atom stereocenters. The third kappa shape index (κ3) is 7.61. The highest BCUT2D eigenvalue weighted by atomic mass is 32.2. The Hall–Kier alpha value is -1.56. The molecule has 2 rings (SSSR count). The van der Waals surface area contributed by atoms with Gasteiger partial charge in [-0.15, -0.1) is 23.2 Å². The number of hydrogen-bond acceptors (Lipinski definition) is 4. The van der Waals surface area contributed by atoms with Crippen LogP contribution in [0.15, 0.2) is 46.6 Å². The van der Waals surface area contributed by atoms with E-state index < -0.39 is 21.7 Å². The van der Waals surface area contributed by atoms with Crippen LogP contribution in [-0.4, -0.2) is 38.5 Å². The van der Waals surface area contributed by atoms with Gasteiger partial charge in [0.25, 0.3) is 0 Å². The SMILES string of the molecule is CCSC1=NC(CC#C[Si](C)(C)C)(C(=O)OCc2ccccc2)C/C1=C\[Si](C)(C)C. The summed E-state index contributed by atoms with van der Waals surface area (Å²) in [6.45, 7) is 16.0. The Balaban J connectivity index is 2.36. The lowest BCUT2D eigenvalue weighted by atomic mass is 9.92. The van der Waals surface area contributed by atoms with E-state index in [-0.39, 0.29) is 12.6 Å². The number of thioether (sulfide) groups is 1. The summed E-state index contributed by atoms with van der Waals surface area (Å²) in [5.74, 6) is 3.98. The van der Waals surface area contributed by atoms with Gasteiger partial charge >= 0.3 is 5.97 Å². The highest BCUT2D eigenvalue weighted by Gasteiger charge is 2.46. The molecule has 0 fully saturated rings. The number of rotatable bonds is 6. The van der Waals surface area contributed by atoms with E-state index in [9.17, 15) is 4.79 Å². The van der Waals surface area contributed by atoms with Gasteiger partial charge in [-0.3, -0.25) is 4.99 Å². The molecule has 3 nitrogen and oxygen atoms in total. The first-order chi connectivity index (χ1) is 13.9. The standard InChI is InChI=1S/C24H35NO2SSi2/c1-8-28-22-21(19-30(5,6)7)17-24(25-22,15-12-16-29(2,3)4)23(26)27-18-20-13-10-9-11-14-20/h9-11,13-14,19H,8,15,17-18H2,1-7H3/b21-19+. The van der Waals surface area contributed by atoms with Crippen molar-refractivity contribution in [1.82, 2.24) is 0 Å². The summed E-state index contributed by atoms with van der Waals surface area (Å²) < 4.78 is 5.78. The summed E-state index contributed by atoms with van der Waals surface area (Å²) >= 11 is 1.72. The average molecular weight is 458 g/mol. The zero-order valence-corrected chi connectivity index (χ0v) is 22.3. The van der Waals surface area contributed by atoms with E-state index in [0.717, 1.165) is 16.4 Å². The maximum Gasteiger partial charge on any atom is 0.335 e. The van der Waals surface area contributed by atoms with Gasteiger partial charge in [0.1, 0.15) is 14.7 Å². The van der Waals surface area contributed by atoms with Crippen LogP contribution in [0.5, 0.6) is 0 Å². The van der Waals surface area contributed by atoms with E-state index in [0.29, 0.717) is 12.8 Å². The van der Waals surface area contributed by atoms with Crippen molar-refractivity contribution in [3.8, 4) is 11.5 Å². The average Bonchev–Trinajstić information content (AvgIpc) is 2.96. The number of carbonyl (C=O) groups is 1. The van der Waals surface area contributed by atoms with Crippen LogP contribution in [0.2, 0.25) is 39.3 Å². The van der Waals surface area contributed by atoms with Gasteiger partial charge in [0.15, 0.2) is 5.54 Å². The normalized spacial score (nSPS) is 20.5. The van der Waals surface area contributed by atoms with Crippen molar-refractivity contribution in [3.63, 3.8) is 0 Å². The van der Waals surface area contributed by atoms with Crippen LogP contribution in [-0.2, 0) is 16.1 Å². The number of ether oxygens (including phenoxy) is 1. The lowest BCUT2D eigenvalue weighted by molar-refractivity contribution is -0.151. The molecular weight excluding hydrogens is 423 g/mol. The second kappa shape index (κ2) is 10.2. The third-order valence-corrected chi connectivity index (χ3v) is 7.46. The van der Waals surface area contributed by atoms with Crippen molar-refractivity contribution >= 4 is 38.9 Å². The van der Waals surface area contributed by atoms with Crippen molar-refractivity contribution in [2.75, 3.05) is 5.75 Å². The first-order valence-corrected chi connectivity index (χ1v) is 18.7. The van der Waals surface area contributed by atoms with Gasteiger partial charge in [-0.2, -0.15) is 0 Å². The molecule has 30 heavy (non-hydrogen) atoms. The van der Waals surface area contributed by atoms with E-state index in [1.807, 2.05) is 30.3 Å². The smallest absolute Gasteiger partial charge is 0.335 e. The lowest BCUT2D eigenvalue weighted by Gasteiger charge is -2.22. The molecule has 0 saturated heterocycles. The molecule has 1 unspecified atom stereocenters. The second-order valence-corrected chi connectivity index (χ2v) is 20.9. The molecular formula is C24H35NO2SSi2. The highest BCUT2D eigenvalue weighted by molar-refractivity contribution is 8.14. The molecule has 1 aromatic carbocycles. The predicted octanol–water partition coefficient (Wildman–Crippen LogP) is 6.10. The van der Waals surface area contributed by atoms with Gasteiger partial charge in [-0.25, -0.2) is 4.79 Å². The summed E-state index contributed by atoms with van der Waals surface area (Å²) in [7, 11) is -2.99. The molecule has 0 aliphatic carbocycles. The summed E-state index contributed by atoms with van der Waals surface area (Å²) in [4.78, 5) is 18.3. The Labute approximate surface area is 188 Å². The summed E-state index contributed by atoms with van der Waals surface area (Å²) in [6.07, 6.45) is 1.01. The van der Waals surface area contributed by atoms with Gasteiger partial charge < -0.3 is 4.74 Å². The Morgan fingerprint density at radius 3 is 2.43 bits per heavy atom. The van der Waals surface area contributed by atoms with Crippen molar-refractivity contribution in [1.29, 1.82) is 0 Å². The van der Waals surface area contributed by atoms with Crippen molar-refractivity contribution in [2.45, 2.75) is 71.2 Å². The molecule has 1 heterocycles. The fourth-order valence-electron chi connectivity index (χ4n) is 3.20. The van der Waals surface area contributed by atoms with Crippen LogP contribution in [0, 0.1) is 11.5 Å². The quantitative estimate of drug-likeness (QED) is 0.294. The van der Waals surface area contributed by atoms with E-state index in [1.54, 1.807) is 11.8 Å². The summed E-state index contributed by atoms with van der Waals surface area (Å²) in [5.41, 5.74) is 7.05. The minimum atomic E-state index is -1.53. The van der Waals surface area contributed by atoms with E-state index in [4.69, 9.17) is 9.73 Å². The van der Waals surface area contributed by atoms with Crippen LogP contribution in [0.4, 0.5) is 0 Å². The third-order valence-electron chi connectivity index (χ3n) is 4.40. The van der Waals surface area contributed by atoms with Gasteiger partial charge in [-0.05, 0) is 16.9 Å². The van der Waals surface area contributed by atoms with Crippen molar-refractivity contribution in [2.24, 2.45) is 4.99 Å². The van der Waals surface area contributed by atoms with Crippen molar-refractivity contribution in [3.05, 3.63) is 47.2 Å². The molecule has 0 radical (unpaired) electrons. The second-order valence-electron chi connectivity index (χ2n) is 9.88. The molecule has 1 aromatic rings. The molecule has 0 N–H and O–H groups in total. The molecule has 0 spiro atoms. The molecule has 1 aliphatic rings. The maximum atomic E-state index is 13.3. The zero-order chi connectivity index (χ0) is 22.4. The van der Waals surface area contributed by atoms with Crippen LogP contribution < -0.4 is 0 Å². The first-order valence-electron chi connectivity index (χ1n) is 10.6. The van der Waals surface area contributed by atoms with Crippen LogP contribution >= 0.6 is 11.8 Å². The number of esters is 1. The fourth-order valence-corrected chi connectivity index (χ4v) is 6.04. The molecule has 0 bridgehead atoms. The Kier molecular flexibility index (Phi) is 8.38. The highest BCUT2D eigenvalue weighted by Crippen LogP contribution is 2.38.